The Morgan fingerprint density at radius 3 is 2.40 bits per heavy atom. The third kappa shape index (κ3) is 8.41. The Kier molecular flexibility index (Phi) is 11.3. The van der Waals surface area contributed by atoms with Crippen LogP contribution in [0.2, 0.25) is 0 Å². The fraction of sp³-hybridized carbons (Fsp3) is 0.643. The van der Waals surface area contributed by atoms with Gasteiger partial charge in [0.05, 0.1) is 30.6 Å². The second kappa shape index (κ2) is 14.5. The molecule has 11 nitrogen and oxygen atoms in total. The van der Waals surface area contributed by atoms with Crippen LogP contribution in [0.25, 0.3) is 0 Å². The highest BCUT2D eigenvalue weighted by atomic mass is 19.4. The molecule has 232 valence electrons. The maximum Gasteiger partial charge on any atom is 0.408 e. The van der Waals surface area contributed by atoms with Crippen molar-refractivity contribution in [2.24, 2.45) is 17.8 Å². The molecule has 1 saturated heterocycles. The molecule has 0 radical (unpaired) electrons. The van der Waals surface area contributed by atoms with Crippen molar-refractivity contribution >= 4 is 29.8 Å². The standard InChI is InChI=1S/C28H36F3N3O8/c1-4-40-26(38)22-20(13-17-10-11-32-19(12-17)14-21(35)41-15-42-25(37)16(2)3)24(36)34(22)27(39)33-23(28(29,30)31)18-8-6-5-7-9-18/h10-12,16,18,20,22-23H,4-9,13-15H2,1-3H3,(H,33,39)/t20-,22+,23+/m1/s1. The summed E-state index contributed by atoms with van der Waals surface area (Å²) >= 11 is 0. The number of amides is 3. The van der Waals surface area contributed by atoms with Gasteiger partial charge < -0.3 is 19.5 Å². The fourth-order valence-electron chi connectivity index (χ4n) is 5.13. The Morgan fingerprint density at radius 1 is 1.10 bits per heavy atom. The summed E-state index contributed by atoms with van der Waals surface area (Å²) in [4.78, 5) is 67.0. The molecule has 0 unspecified atom stereocenters. The second-order valence-electron chi connectivity index (χ2n) is 10.7. The number of rotatable bonds is 11. The van der Waals surface area contributed by atoms with Crippen molar-refractivity contribution in [3.8, 4) is 0 Å². The summed E-state index contributed by atoms with van der Waals surface area (Å²) in [6.45, 7) is 4.16. The molecule has 1 aliphatic carbocycles. The van der Waals surface area contributed by atoms with Gasteiger partial charge in [-0.3, -0.25) is 19.4 Å². The van der Waals surface area contributed by atoms with E-state index in [-0.39, 0.29) is 31.1 Å². The van der Waals surface area contributed by atoms with Crippen LogP contribution in [-0.2, 0) is 46.2 Å². The SMILES string of the molecule is CCOC(=O)[C@@H]1[C@@H](Cc2ccnc(CC(=O)OCOC(=O)C(C)C)c2)C(=O)N1C(=O)N[C@@H](C1CCCCC1)C(F)(F)F. The highest BCUT2D eigenvalue weighted by Crippen LogP contribution is 2.36. The highest BCUT2D eigenvalue weighted by molar-refractivity contribution is 6.08. The summed E-state index contributed by atoms with van der Waals surface area (Å²) in [7, 11) is 0. The van der Waals surface area contributed by atoms with Crippen molar-refractivity contribution in [1.29, 1.82) is 0 Å². The number of nitrogens with one attached hydrogen (secondary N) is 1. The van der Waals surface area contributed by atoms with Crippen molar-refractivity contribution in [1.82, 2.24) is 15.2 Å². The molecule has 2 fully saturated rings. The third-order valence-electron chi connectivity index (χ3n) is 7.27. The van der Waals surface area contributed by atoms with E-state index in [4.69, 9.17) is 14.2 Å². The monoisotopic (exact) mass is 599 g/mol. The van der Waals surface area contributed by atoms with Crippen molar-refractivity contribution in [2.75, 3.05) is 13.4 Å². The zero-order valence-electron chi connectivity index (χ0n) is 23.8. The average Bonchev–Trinajstić information content (AvgIpc) is 2.93. The lowest BCUT2D eigenvalue weighted by Gasteiger charge is -2.44. The van der Waals surface area contributed by atoms with Gasteiger partial charge in [-0.25, -0.2) is 14.5 Å². The molecule has 1 aromatic heterocycles. The lowest BCUT2D eigenvalue weighted by molar-refractivity contribution is -0.174. The zero-order valence-corrected chi connectivity index (χ0v) is 23.8. The smallest absolute Gasteiger partial charge is 0.408 e. The van der Waals surface area contributed by atoms with Crippen LogP contribution in [-0.4, -0.2) is 71.4 Å². The van der Waals surface area contributed by atoms with Gasteiger partial charge in [-0.15, -0.1) is 0 Å². The van der Waals surface area contributed by atoms with Gasteiger partial charge in [0.2, 0.25) is 12.7 Å². The fourth-order valence-corrected chi connectivity index (χ4v) is 5.13. The Hall–Kier alpha value is -3.71. The molecule has 1 aromatic rings. The summed E-state index contributed by atoms with van der Waals surface area (Å²) in [5.74, 6) is -5.27. The largest absolute Gasteiger partial charge is 0.464 e. The Balaban J connectivity index is 1.68. The van der Waals surface area contributed by atoms with Gasteiger partial charge in [0, 0.05) is 6.20 Å². The normalized spacial score (nSPS) is 20.0. The number of alkyl halides is 3. The van der Waals surface area contributed by atoms with Crippen LogP contribution in [0.3, 0.4) is 0 Å². The number of esters is 3. The highest BCUT2D eigenvalue weighted by Gasteiger charge is 2.57. The van der Waals surface area contributed by atoms with Crippen molar-refractivity contribution in [3.05, 3.63) is 29.6 Å². The second-order valence-corrected chi connectivity index (χ2v) is 10.7. The number of likely N-dealkylation sites (tertiary alicyclic amines) is 1. The lowest BCUT2D eigenvalue weighted by Crippen LogP contribution is -2.70. The molecule has 1 N–H and O–H groups in total. The Morgan fingerprint density at radius 2 is 1.79 bits per heavy atom. The van der Waals surface area contributed by atoms with Gasteiger partial charge in [0.15, 0.2) is 6.04 Å². The molecule has 1 saturated carbocycles. The van der Waals surface area contributed by atoms with Gasteiger partial charge in [0.1, 0.15) is 6.04 Å². The summed E-state index contributed by atoms with van der Waals surface area (Å²) in [6, 6.07) is -1.81. The van der Waals surface area contributed by atoms with Crippen molar-refractivity contribution < 1.29 is 51.4 Å². The number of carbonyl (C=O) groups is 5. The number of urea groups is 1. The maximum atomic E-state index is 13.9. The van der Waals surface area contributed by atoms with E-state index in [1.54, 1.807) is 19.9 Å². The molecule has 0 spiro atoms. The molecule has 3 atom stereocenters. The van der Waals surface area contributed by atoms with Crippen LogP contribution in [0, 0.1) is 17.8 Å². The van der Waals surface area contributed by atoms with Gasteiger partial charge in [-0.2, -0.15) is 13.2 Å². The van der Waals surface area contributed by atoms with Crippen LogP contribution in [0.4, 0.5) is 18.0 Å². The molecule has 1 aliphatic heterocycles. The van der Waals surface area contributed by atoms with Gasteiger partial charge in [-0.05, 0) is 49.8 Å². The first kappa shape index (κ1) is 32.8. The molecular weight excluding hydrogens is 563 g/mol. The Bertz CT molecular complexity index is 1150. The van der Waals surface area contributed by atoms with E-state index in [9.17, 15) is 37.1 Å². The van der Waals surface area contributed by atoms with E-state index < -0.39 is 66.7 Å². The van der Waals surface area contributed by atoms with E-state index >= 15 is 0 Å². The minimum atomic E-state index is -4.73. The number of nitrogens with zero attached hydrogens (tertiary/aromatic N) is 2. The number of carbonyl (C=O) groups excluding carboxylic acids is 5. The number of hydrogen-bond donors (Lipinski definition) is 1. The van der Waals surface area contributed by atoms with E-state index in [1.807, 2.05) is 5.32 Å². The van der Waals surface area contributed by atoms with Crippen LogP contribution in [0.5, 0.6) is 0 Å². The molecule has 2 heterocycles. The molecule has 3 amide bonds. The quantitative estimate of drug-likeness (QED) is 0.230. The van der Waals surface area contributed by atoms with Crippen LogP contribution >= 0.6 is 0 Å². The molecule has 42 heavy (non-hydrogen) atoms. The number of imide groups is 1. The molecule has 3 rings (SSSR count). The molecular formula is C28H36F3N3O8. The number of hydrogen-bond acceptors (Lipinski definition) is 9. The number of halogens is 3. The summed E-state index contributed by atoms with van der Waals surface area (Å²) in [5, 5.41) is 1.97. The minimum absolute atomic E-state index is 0.0615. The molecule has 14 heteroatoms. The summed E-state index contributed by atoms with van der Waals surface area (Å²) in [6.07, 6.45) is -1.06. The first-order valence-electron chi connectivity index (χ1n) is 14.0. The predicted octanol–water partition coefficient (Wildman–Crippen LogP) is 3.48. The average molecular weight is 600 g/mol. The first-order valence-corrected chi connectivity index (χ1v) is 14.0. The number of β-lactam (4-membered cyclic amide) rings is 1. The van der Waals surface area contributed by atoms with Crippen molar-refractivity contribution in [3.63, 3.8) is 0 Å². The topological polar surface area (TPSA) is 141 Å². The van der Waals surface area contributed by atoms with Gasteiger partial charge >= 0.3 is 30.1 Å². The van der Waals surface area contributed by atoms with E-state index in [2.05, 4.69) is 4.98 Å². The number of ether oxygens (including phenoxy) is 3. The van der Waals surface area contributed by atoms with Crippen LogP contribution in [0.1, 0.15) is 64.1 Å². The van der Waals surface area contributed by atoms with E-state index in [0.717, 1.165) is 6.42 Å². The molecule has 0 bridgehead atoms. The molecule has 0 aromatic carbocycles. The van der Waals surface area contributed by atoms with Gasteiger partial charge in [0.25, 0.3) is 0 Å². The lowest BCUT2D eigenvalue weighted by atomic mass is 9.82. The Labute approximate surface area is 241 Å². The predicted molar refractivity (Wildman–Crippen MR) is 139 cm³/mol. The third-order valence-corrected chi connectivity index (χ3v) is 7.27. The minimum Gasteiger partial charge on any atom is -0.464 e. The van der Waals surface area contributed by atoms with Crippen LogP contribution < -0.4 is 5.32 Å². The first-order chi connectivity index (χ1) is 19.8. The van der Waals surface area contributed by atoms with Gasteiger partial charge in [-0.1, -0.05) is 33.1 Å². The summed E-state index contributed by atoms with van der Waals surface area (Å²) < 4.78 is 56.4. The summed E-state index contributed by atoms with van der Waals surface area (Å²) in [5.41, 5.74) is 0.754. The zero-order chi connectivity index (χ0) is 31.0. The number of pyridine rings is 1. The van der Waals surface area contributed by atoms with E-state index in [0.29, 0.717) is 36.1 Å². The maximum absolute atomic E-state index is 13.9. The molecule has 2 aliphatic rings. The van der Waals surface area contributed by atoms with Crippen molar-refractivity contribution in [2.45, 2.75) is 84.0 Å². The van der Waals surface area contributed by atoms with Crippen LogP contribution in [0.15, 0.2) is 18.3 Å². The number of aromatic nitrogens is 1. The van der Waals surface area contributed by atoms with E-state index in [1.165, 1.54) is 19.2 Å².